The molecule has 90 heavy (non-hydrogen) atoms. The highest BCUT2D eigenvalue weighted by atomic mass is 15.1. The summed E-state index contributed by atoms with van der Waals surface area (Å²) in [4.78, 5) is 0. The maximum atomic E-state index is 13.2. The predicted octanol–water partition coefficient (Wildman–Crippen LogP) is 22.3. The lowest BCUT2D eigenvalue weighted by atomic mass is 9.93. The van der Waals surface area contributed by atoms with Crippen LogP contribution in [0.3, 0.4) is 0 Å². The van der Waals surface area contributed by atoms with Crippen molar-refractivity contribution in [2.45, 2.75) is 12.8 Å². The highest BCUT2D eigenvalue weighted by Gasteiger charge is 2.35. The maximum absolute atomic E-state index is 13.2. The van der Waals surface area contributed by atoms with Crippen LogP contribution in [0.25, 0.3) is 160 Å². The summed E-state index contributed by atoms with van der Waals surface area (Å²) in [5.41, 5.74) is 23.1. The Labute approximate surface area is 520 Å². The van der Waals surface area contributed by atoms with Gasteiger partial charge in [0.1, 0.15) is 11.6 Å². The molecule has 0 aliphatic heterocycles. The van der Waals surface area contributed by atoms with Gasteiger partial charge in [-0.1, -0.05) is 237 Å². The van der Waals surface area contributed by atoms with Crippen LogP contribution >= 0.6 is 0 Å². The zero-order valence-electron chi connectivity index (χ0n) is 49.1. The number of nitrogens with zero attached hydrogens (tertiary/aromatic N) is 5. The second-order valence-electron chi connectivity index (χ2n) is 23.7. The Hall–Kier alpha value is -12.0. The van der Waals surface area contributed by atoms with Gasteiger partial charge < -0.3 is 18.3 Å². The quantitative estimate of drug-likeness (QED) is 0.142. The predicted molar refractivity (Wildman–Crippen MR) is 377 cm³/mol. The Morgan fingerprint density at radius 2 is 0.556 bits per heavy atom. The van der Waals surface area contributed by atoms with Crippen molar-refractivity contribution in [3.63, 3.8) is 0 Å². The van der Waals surface area contributed by atoms with Crippen molar-refractivity contribution in [3.8, 4) is 73.3 Å². The summed E-state index contributed by atoms with van der Waals surface area (Å²) in [7, 11) is 0. The molecule has 13 aromatic carbocycles. The third-order valence-corrected chi connectivity index (χ3v) is 18.8. The Morgan fingerprint density at radius 1 is 0.256 bits per heavy atom. The molecular weight excluding hydrogens is 1090 g/mol. The van der Waals surface area contributed by atoms with Gasteiger partial charge in [0.05, 0.1) is 66.9 Å². The molecule has 0 fully saturated rings. The van der Waals surface area contributed by atoms with Crippen molar-refractivity contribution >= 4 is 92.8 Å². The molecule has 420 valence electrons. The van der Waals surface area contributed by atoms with Gasteiger partial charge in [0.15, 0.2) is 0 Å². The summed E-state index contributed by atoms with van der Waals surface area (Å²) >= 11 is 0. The molecule has 1 aliphatic rings. The van der Waals surface area contributed by atoms with Gasteiger partial charge in [0.2, 0.25) is 0 Å². The Balaban J connectivity index is 1.12. The van der Waals surface area contributed by atoms with E-state index in [0.29, 0.717) is 5.56 Å². The smallest absolute Gasteiger partial charge is 0.104 e. The minimum absolute atomic E-state index is 0.527. The molecule has 0 N–H and O–H groups in total. The molecule has 0 radical (unpaired) electrons. The number of aromatic nitrogens is 4. The SMILES string of the molecule is N#Cc1c(-n2c3ccccc3c3ccccc32)c(-n2c3ccc(C4=CCCC=C4)cc3c3cc(-c4ccccc4)ccc32)c(-c2ccccc2)c(-n2c3ccc(-c4ccccc4)cc3c3cc(-c4ccccc4)ccc32)c1-n1c2ccccc2c2ccccc21. The van der Waals surface area contributed by atoms with Gasteiger partial charge in [0.25, 0.3) is 0 Å². The van der Waals surface area contributed by atoms with Crippen molar-refractivity contribution in [3.05, 3.63) is 321 Å². The van der Waals surface area contributed by atoms with Crippen LogP contribution in [0, 0.1) is 11.3 Å². The Morgan fingerprint density at radius 3 is 0.900 bits per heavy atom. The third-order valence-electron chi connectivity index (χ3n) is 18.8. The molecular formula is C85H55N5. The minimum atomic E-state index is 0.527. The fraction of sp³-hybridized carbons (Fsp3) is 0.0235. The first kappa shape index (κ1) is 51.3. The maximum Gasteiger partial charge on any atom is 0.104 e. The van der Waals surface area contributed by atoms with E-state index in [-0.39, 0.29) is 0 Å². The average Bonchev–Trinajstić information content (AvgIpc) is 1.47. The van der Waals surface area contributed by atoms with Crippen LogP contribution in [0.5, 0.6) is 0 Å². The summed E-state index contributed by atoms with van der Waals surface area (Å²) in [6, 6.07) is 109. The van der Waals surface area contributed by atoms with Crippen molar-refractivity contribution in [1.29, 1.82) is 5.26 Å². The highest BCUT2D eigenvalue weighted by molar-refractivity contribution is 6.18. The van der Waals surface area contributed by atoms with Gasteiger partial charge in [-0.2, -0.15) is 5.26 Å². The summed E-state index contributed by atoms with van der Waals surface area (Å²) in [6.45, 7) is 0. The standard InChI is InChI=1S/C85H55N5/c86-54-72-82(87-73-38-20-16-34-64(73)65-35-17-21-39-74(65)87)84(89-77-46-42-60(55-24-6-1-7-25-55)50-68(77)69-51-61(43-47-78(69)89)56-26-8-2-9-27-56)81(59-32-14-5-15-33-59)85(83(72)88-75-40-22-18-36-66(75)67-37-19-23-41-76(67)88)90-79-48-44-62(57-28-10-3-11-29-57)52-70(79)71-53-63(45-49-80(71)90)58-30-12-4-13-31-58/h1-3,5-12,14-53H,4,13H2. The van der Waals surface area contributed by atoms with Gasteiger partial charge in [-0.05, 0) is 136 Å². The number of hydrogen-bond donors (Lipinski definition) is 0. The van der Waals surface area contributed by atoms with E-state index in [4.69, 9.17) is 0 Å². The van der Waals surface area contributed by atoms with E-state index in [0.717, 1.165) is 167 Å². The second-order valence-corrected chi connectivity index (χ2v) is 23.7. The lowest BCUT2D eigenvalue weighted by Gasteiger charge is -2.29. The molecule has 0 saturated carbocycles. The van der Waals surface area contributed by atoms with Crippen LogP contribution in [-0.2, 0) is 0 Å². The summed E-state index contributed by atoms with van der Waals surface area (Å²) in [6.07, 6.45) is 8.98. The van der Waals surface area contributed by atoms with Crippen LogP contribution in [-0.4, -0.2) is 18.3 Å². The number of rotatable bonds is 9. The summed E-state index contributed by atoms with van der Waals surface area (Å²) < 4.78 is 9.86. The first-order valence-corrected chi connectivity index (χ1v) is 31.0. The van der Waals surface area contributed by atoms with Crippen molar-refractivity contribution < 1.29 is 0 Å². The largest absolute Gasteiger partial charge is 0.306 e. The normalized spacial score (nSPS) is 12.6. The molecule has 0 amide bonds. The average molecular weight is 1150 g/mol. The molecule has 1 aliphatic carbocycles. The van der Waals surface area contributed by atoms with Crippen LogP contribution in [0.15, 0.2) is 309 Å². The van der Waals surface area contributed by atoms with Crippen molar-refractivity contribution in [1.82, 2.24) is 18.3 Å². The van der Waals surface area contributed by atoms with E-state index in [1.807, 2.05) is 0 Å². The van der Waals surface area contributed by atoms with Crippen LogP contribution in [0.1, 0.15) is 24.0 Å². The monoisotopic (exact) mass is 1150 g/mol. The third kappa shape index (κ3) is 7.81. The van der Waals surface area contributed by atoms with E-state index in [2.05, 4.69) is 334 Å². The molecule has 0 unspecified atom stereocenters. The molecule has 0 atom stereocenters. The summed E-state index contributed by atoms with van der Waals surface area (Å²) in [5.74, 6) is 0. The number of allylic oxidation sites excluding steroid dienone is 4. The molecule has 5 nitrogen and oxygen atoms in total. The highest BCUT2D eigenvalue weighted by Crippen LogP contribution is 2.53. The van der Waals surface area contributed by atoms with Crippen LogP contribution < -0.4 is 0 Å². The number of hydrogen-bond acceptors (Lipinski definition) is 1. The topological polar surface area (TPSA) is 43.5 Å². The molecule has 0 bridgehead atoms. The zero-order chi connectivity index (χ0) is 59.4. The van der Waals surface area contributed by atoms with E-state index in [1.54, 1.807) is 0 Å². The van der Waals surface area contributed by atoms with Crippen LogP contribution in [0.2, 0.25) is 0 Å². The van der Waals surface area contributed by atoms with Gasteiger partial charge in [-0.3, -0.25) is 0 Å². The fourth-order valence-electron chi connectivity index (χ4n) is 14.8. The minimum Gasteiger partial charge on any atom is -0.306 e. The lowest BCUT2D eigenvalue weighted by molar-refractivity contribution is 1.04. The first-order chi connectivity index (χ1) is 44.7. The fourth-order valence-corrected chi connectivity index (χ4v) is 14.8. The van der Waals surface area contributed by atoms with Gasteiger partial charge in [-0.25, -0.2) is 0 Å². The number of nitriles is 1. The second kappa shape index (κ2) is 20.6. The Kier molecular flexibility index (Phi) is 11.7. The van der Waals surface area contributed by atoms with Gasteiger partial charge in [0, 0.05) is 48.7 Å². The molecule has 18 rings (SSSR count). The van der Waals surface area contributed by atoms with Crippen molar-refractivity contribution in [2.24, 2.45) is 0 Å². The first-order valence-electron chi connectivity index (χ1n) is 31.0. The molecule has 0 spiro atoms. The van der Waals surface area contributed by atoms with Crippen molar-refractivity contribution in [2.75, 3.05) is 0 Å². The van der Waals surface area contributed by atoms with E-state index in [1.165, 1.54) is 11.1 Å². The number of benzene rings is 13. The van der Waals surface area contributed by atoms with Gasteiger partial charge >= 0.3 is 0 Å². The molecule has 0 saturated heterocycles. The molecule has 17 aromatic rings. The summed E-state index contributed by atoms with van der Waals surface area (Å²) in [5, 5.41) is 22.1. The van der Waals surface area contributed by atoms with Gasteiger partial charge in [-0.15, -0.1) is 0 Å². The number of fused-ring (bicyclic) bond motifs is 12. The molecule has 4 heterocycles. The Bertz CT molecular complexity index is 5680. The molecule has 4 aromatic heterocycles. The molecule has 5 heteroatoms. The van der Waals surface area contributed by atoms with E-state index < -0.39 is 0 Å². The zero-order valence-corrected chi connectivity index (χ0v) is 49.1. The lowest BCUT2D eigenvalue weighted by Crippen LogP contribution is -2.16. The van der Waals surface area contributed by atoms with E-state index >= 15 is 0 Å². The number of para-hydroxylation sites is 4. The van der Waals surface area contributed by atoms with Crippen LogP contribution in [0.4, 0.5) is 0 Å². The van der Waals surface area contributed by atoms with E-state index in [9.17, 15) is 5.26 Å².